The van der Waals surface area contributed by atoms with Gasteiger partial charge in [-0.2, -0.15) is 0 Å². The Balaban J connectivity index is 1.66. The van der Waals surface area contributed by atoms with E-state index in [-0.39, 0.29) is 12.5 Å². The summed E-state index contributed by atoms with van der Waals surface area (Å²) in [5.41, 5.74) is 1.05. The van der Waals surface area contributed by atoms with Gasteiger partial charge in [0.15, 0.2) is 0 Å². The van der Waals surface area contributed by atoms with Gasteiger partial charge in [0, 0.05) is 17.8 Å². The number of para-hydroxylation sites is 2. The molecule has 0 aromatic heterocycles. The first-order valence-electron chi connectivity index (χ1n) is 9.97. The molecule has 3 aromatic rings. The van der Waals surface area contributed by atoms with Crippen molar-refractivity contribution >= 4 is 17.6 Å². The topological polar surface area (TPSA) is 76.7 Å². The van der Waals surface area contributed by atoms with Crippen LogP contribution in [0.2, 0.25) is 0 Å². The van der Waals surface area contributed by atoms with Crippen LogP contribution in [-0.4, -0.2) is 31.1 Å². The SMILES string of the molecule is COC(=O)C(C)(COc1ccccc1)NCc1cccc(C(=O)Nc2ccccc2)c1. The number of carbonyl (C=O) groups excluding carboxylic acids is 2. The van der Waals surface area contributed by atoms with Gasteiger partial charge in [-0.05, 0) is 48.9 Å². The highest BCUT2D eigenvalue weighted by Crippen LogP contribution is 2.16. The first kappa shape index (κ1) is 22.1. The molecule has 31 heavy (non-hydrogen) atoms. The predicted molar refractivity (Wildman–Crippen MR) is 120 cm³/mol. The summed E-state index contributed by atoms with van der Waals surface area (Å²) in [6, 6.07) is 25.8. The van der Waals surface area contributed by atoms with E-state index >= 15 is 0 Å². The average molecular weight is 418 g/mol. The summed E-state index contributed by atoms with van der Waals surface area (Å²) in [5.74, 6) is 0.0385. The van der Waals surface area contributed by atoms with Gasteiger partial charge in [-0.15, -0.1) is 0 Å². The van der Waals surface area contributed by atoms with Crippen molar-refractivity contribution in [1.29, 1.82) is 0 Å². The van der Waals surface area contributed by atoms with Gasteiger partial charge >= 0.3 is 5.97 Å². The third-order valence-electron chi connectivity index (χ3n) is 4.81. The number of amides is 1. The van der Waals surface area contributed by atoms with Gasteiger partial charge in [-0.1, -0.05) is 48.5 Å². The molecule has 0 aliphatic rings. The Hall–Kier alpha value is -3.64. The summed E-state index contributed by atoms with van der Waals surface area (Å²) in [4.78, 5) is 25.0. The Labute approximate surface area is 182 Å². The van der Waals surface area contributed by atoms with Crippen molar-refractivity contribution in [2.24, 2.45) is 0 Å². The fourth-order valence-corrected chi connectivity index (χ4v) is 3.00. The summed E-state index contributed by atoms with van der Waals surface area (Å²) in [6.45, 7) is 2.18. The maximum atomic E-state index is 12.6. The quantitative estimate of drug-likeness (QED) is 0.513. The van der Waals surface area contributed by atoms with Crippen LogP contribution in [0.4, 0.5) is 5.69 Å². The van der Waals surface area contributed by atoms with Crippen LogP contribution in [0.15, 0.2) is 84.9 Å². The summed E-state index contributed by atoms with van der Waals surface area (Å²) < 4.78 is 10.8. The summed E-state index contributed by atoms with van der Waals surface area (Å²) in [7, 11) is 1.35. The fourth-order valence-electron chi connectivity index (χ4n) is 3.00. The molecular formula is C25H26N2O4. The number of methoxy groups -OCH3 is 1. The number of nitrogens with one attached hydrogen (secondary N) is 2. The van der Waals surface area contributed by atoms with Crippen molar-refractivity contribution in [3.05, 3.63) is 96.1 Å². The molecule has 1 amide bonds. The Kier molecular flexibility index (Phi) is 7.40. The molecule has 0 aliphatic carbocycles. The smallest absolute Gasteiger partial charge is 0.329 e. The van der Waals surface area contributed by atoms with E-state index in [1.807, 2.05) is 72.8 Å². The Bertz CT molecular complexity index is 1010. The maximum absolute atomic E-state index is 12.6. The lowest BCUT2D eigenvalue weighted by Crippen LogP contribution is -2.54. The van der Waals surface area contributed by atoms with E-state index in [2.05, 4.69) is 10.6 Å². The molecule has 3 aromatic carbocycles. The molecule has 2 N–H and O–H groups in total. The van der Waals surface area contributed by atoms with Gasteiger partial charge in [0.05, 0.1) is 7.11 Å². The Morgan fingerprint density at radius 2 is 1.58 bits per heavy atom. The number of esters is 1. The number of anilines is 1. The zero-order valence-corrected chi connectivity index (χ0v) is 17.6. The molecule has 0 radical (unpaired) electrons. The van der Waals surface area contributed by atoms with Crippen LogP contribution >= 0.6 is 0 Å². The van der Waals surface area contributed by atoms with E-state index in [1.54, 1.807) is 19.1 Å². The molecule has 160 valence electrons. The molecule has 0 spiro atoms. The minimum Gasteiger partial charge on any atom is -0.491 e. The van der Waals surface area contributed by atoms with Crippen LogP contribution in [0.1, 0.15) is 22.8 Å². The van der Waals surface area contributed by atoms with E-state index in [0.717, 1.165) is 11.3 Å². The average Bonchev–Trinajstić information content (AvgIpc) is 2.82. The molecule has 0 fully saturated rings. The number of rotatable bonds is 9. The summed E-state index contributed by atoms with van der Waals surface area (Å²) in [5, 5.41) is 6.09. The van der Waals surface area contributed by atoms with Gasteiger partial charge in [0.1, 0.15) is 17.9 Å². The Morgan fingerprint density at radius 1 is 0.903 bits per heavy atom. The monoisotopic (exact) mass is 418 g/mol. The van der Waals surface area contributed by atoms with Gasteiger partial charge in [-0.25, -0.2) is 4.79 Å². The summed E-state index contributed by atoms with van der Waals surface area (Å²) in [6.07, 6.45) is 0. The number of benzene rings is 3. The van der Waals surface area contributed by atoms with Gasteiger partial charge in [-0.3, -0.25) is 10.1 Å². The van der Waals surface area contributed by atoms with Crippen molar-refractivity contribution in [3.8, 4) is 5.75 Å². The van der Waals surface area contributed by atoms with Crippen LogP contribution in [0.25, 0.3) is 0 Å². The van der Waals surface area contributed by atoms with E-state index in [4.69, 9.17) is 9.47 Å². The molecule has 0 bridgehead atoms. The number of carbonyl (C=O) groups is 2. The summed E-state index contributed by atoms with van der Waals surface area (Å²) >= 11 is 0. The molecule has 1 unspecified atom stereocenters. The first-order valence-corrected chi connectivity index (χ1v) is 9.97. The second-order valence-electron chi connectivity index (χ2n) is 7.30. The molecule has 6 heteroatoms. The van der Waals surface area contributed by atoms with Crippen molar-refractivity contribution in [1.82, 2.24) is 5.32 Å². The normalized spacial score (nSPS) is 12.5. The lowest BCUT2D eigenvalue weighted by molar-refractivity contribution is -0.149. The number of hydrogen-bond acceptors (Lipinski definition) is 5. The second-order valence-corrected chi connectivity index (χ2v) is 7.30. The molecule has 0 heterocycles. The highest BCUT2D eigenvalue weighted by molar-refractivity contribution is 6.04. The van der Waals surface area contributed by atoms with Crippen molar-refractivity contribution in [3.63, 3.8) is 0 Å². The van der Waals surface area contributed by atoms with Gasteiger partial charge in [0.2, 0.25) is 0 Å². The van der Waals surface area contributed by atoms with Crippen LogP contribution in [0.5, 0.6) is 5.75 Å². The molecular weight excluding hydrogens is 392 g/mol. The van der Waals surface area contributed by atoms with Crippen molar-refractivity contribution < 1.29 is 19.1 Å². The fraction of sp³-hybridized carbons (Fsp3) is 0.200. The third-order valence-corrected chi connectivity index (χ3v) is 4.81. The molecule has 6 nitrogen and oxygen atoms in total. The standard InChI is InChI=1S/C25H26N2O4/c1-25(24(29)30-2,18-31-22-14-7-4-8-15-22)26-17-19-10-9-11-20(16-19)23(28)27-21-12-5-3-6-13-21/h3-16,26H,17-18H2,1-2H3,(H,27,28). The van der Waals surface area contributed by atoms with Crippen LogP contribution in [0, 0.1) is 0 Å². The number of hydrogen-bond donors (Lipinski definition) is 2. The van der Waals surface area contributed by atoms with Crippen molar-refractivity contribution in [2.45, 2.75) is 19.0 Å². The van der Waals surface area contributed by atoms with E-state index in [1.165, 1.54) is 7.11 Å². The van der Waals surface area contributed by atoms with E-state index in [0.29, 0.717) is 17.9 Å². The van der Waals surface area contributed by atoms with Gasteiger partial charge < -0.3 is 14.8 Å². The van der Waals surface area contributed by atoms with Crippen LogP contribution in [-0.2, 0) is 16.1 Å². The second kappa shape index (κ2) is 10.4. The lowest BCUT2D eigenvalue weighted by Gasteiger charge is -2.28. The van der Waals surface area contributed by atoms with Crippen molar-refractivity contribution in [2.75, 3.05) is 19.0 Å². The maximum Gasteiger partial charge on any atom is 0.329 e. The lowest BCUT2D eigenvalue weighted by atomic mass is 10.0. The zero-order valence-electron chi connectivity index (χ0n) is 17.6. The van der Waals surface area contributed by atoms with Gasteiger partial charge in [0.25, 0.3) is 5.91 Å². The number of ether oxygens (including phenoxy) is 2. The highest BCUT2D eigenvalue weighted by Gasteiger charge is 2.35. The largest absolute Gasteiger partial charge is 0.491 e. The molecule has 3 rings (SSSR count). The third kappa shape index (κ3) is 6.17. The molecule has 0 saturated carbocycles. The molecule has 0 saturated heterocycles. The first-order chi connectivity index (χ1) is 15.0. The molecule has 0 aliphatic heterocycles. The molecule has 1 atom stereocenters. The van der Waals surface area contributed by atoms with E-state index < -0.39 is 11.5 Å². The zero-order chi connectivity index (χ0) is 22.1. The minimum absolute atomic E-state index is 0.0951. The highest BCUT2D eigenvalue weighted by atomic mass is 16.5. The Morgan fingerprint density at radius 3 is 2.26 bits per heavy atom. The van der Waals surface area contributed by atoms with Crippen LogP contribution < -0.4 is 15.4 Å². The van der Waals surface area contributed by atoms with Crippen LogP contribution in [0.3, 0.4) is 0 Å². The van der Waals surface area contributed by atoms with E-state index in [9.17, 15) is 9.59 Å². The minimum atomic E-state index is -1.06. The predicted octanol–water partition coefficient (Wildman–Crippen LogP) is 4.04.